The van der Waals surface area contributed by atoms with Crippen molar-refractivity contribution < 1.29 is 0 Å². The Labute approximate surface area is 155 Å². The molecule has 0 aliphatic carbocycles. The van der Waals surface area contributed by atoms with Gasteiger partial charge in [0, 0.05) is 32.5 Å². The van der Waals surface area contributed by atoms with Crippen molar-refractivity contribution in [2.75, 3.05) is 13.6 Å². The quantitative estimate of drug-likeness (QED) is 0.423. The normalized spacial score (nSPS) is 11.2. The molecule has 0 radical (unpaired) electrons. The van der Waals surface area contributed by atoms with Crippen molar-refractivity contribution in [2.24, 2.45) is 10.9 Å². The van der Waals surface area contributed by atoms with E-state index < -0.39 is 0 Å². The van der Waals surface area contributed by atoms with Gasteiger partial charge in [0.1, 0.15) is 0 Å². The van der Waals surface area contributed by atoms with Crippen LogP contribution in [0.2, 0.25) is 0 Å². The highest BCUT2D eigenvalue weighted by Gasteiger charge is 2.05. The summed E-state index contributed by atoms with van der Waals surface area (Å²) >= 11 is 0. The molecular formula is C17H26IN5. The van der Waals surface area contributed by atoms with Gasteiger partial charge in [0.05, 0.1) is 12.0 Å². The molecule has 1 aromatic carbocycles. The Balaban J connectivity index is 0.00000264. The minimum absolute atomic E-state index is 0. The molecule has 0 atom stereocenters. The molecule has 0 fully saturated rings. The fourth-order valence-electron chi connectivity index (χ4n) is 2.19. The molecule has 23 heavy (non-hydrogen) atoms. The number of imidazole rings is 1. The maximum Gasteiger partial charge on any atom is 0.191 e. The molecule has 6 heteroatoms. The smallest absolute Gasteiger partial charge is 0.191 e. The predicted molar refractivity (Wildman–Crippen MR) is 107 cm³/mol. The van der Waals surface area contributed by atoms with Crippen LogP contribution in [-0.4, -0.2) is 29.1 Å². The Morgan fingerprint density at radius 3 is 2.70 bits per heavy atom. The number of nitrogens with one attached hydrogen (secondary N) is 2. The molecule has 126 valence electrons. The number of halogens is 1. The first kappa shape index (κ1) is 19.5. The zero-order chi connectivity index (χ0) is 15.8. The molecule has 5 nitrogen and oxygen atoms in total. The van der Waals surface area contributed by atoms with E-state index in [4.69, 9.17) is 0 Å². The number of hydrogen-bond acceptors (Lipinski definition) is 2. The molecule has 0 aliphatic heterocycles. The van der Waals surface area contributed by atoms with E-state index in [1.807, 2.05) is 29.2 Å². The lowest BCUT2D eigenvalue weighted by Gasteiger charge is -2.15. The largest absolute Gasteiger partial charge is 0.356 e. The lowest BCUT2D eigenvalue weighted by molar-refractivity contribution is 0.573. The zero-order valence-corrected chi connectivity index (χ0v) is 16.3. The number of para-hydroxylation sites is 1. The number of aromatic nitrogens is 2. The number of guanidine groups is 1. The van der Waals surface area contributed by atoms with Crippen LogP contribution in [0, 0.1) is 5.92 Å². The van der Waals surface area contributed by atoms with E-state index in [2.05, 4.69) is 46.6 Å². The fraction of sp³-hybridized carbons (Fsp3) is 0.412. The summed E-state index contributed by atoms with van der Waals surface area (Å²) in [5.74, 6) is 1.52. The summed E-state index contributed by atoms with van der Waals surface area (Å²) < 4.78 is 2.02. The number of nitrogens with zero attached hydrogens (tertiary/aromatic N) is 3. The summed E-state index contributed by atoms with van der Waals surface area (Å²) in [5.41, 5.74) is 2.33. The van der Waals surface area contributed by atoms with Gasteiger partial charge in [-0.2, -0.15) is 0 Å². The predicted octanol–water partition coefficient (Wildman–Crippen LogP) is 3.20. The first-order valence-corrected chi connectivity index (χ1v) is 7.71. The number of benzene rings is 1. The SMILES string of the molecule is CN=C(NCCC(C)C)NCc1ccccc1-n1ccnc1.I. The minimum atomic E-state index is 0. The van der Waals surface area contributed by atoms with E-state index in [9.17, 15) is 0 Å². The number of hydrogen-bond donors (Lipinski definition) is 2. The highest BCUT2D eigenvalue weighted by Crippen LogP contribution is 2.13. The molecule has 1 heterocycles. The van der Waals surface area contributed by atoms with Gasteiger partial charge in [-0.15, -0.1) is 24.0 Å². The average molecular weight is 427 g/mol. The molecule has 2 rings (SSSR count). The highest BCUT2D eigenvalue weighted by atomic mass is 127. The van der Waals surface area contributed by atoms with Crippen molar-refractivity contribution in [1.82, 2.24) is 20.2 Å². The second-order valence-corrected chi connectivity index (χ2v) is 5.63. The Morgan fingerprint density at radius 2 is 2.04 bits per heavy atom. The molecule has 0 saturated heterocycles. The van der Waals surface area contributed by atoms with Gasteiger partial charge < -0.3 is 15.2 Å². The van der Waals surface area contributed by atoms with Crippen molar-refractivity contribution in [3.8, 4) is 5.69 Å². The standard InChI is InChI=1S/C17H25N5.HI/c1-14(2)8-9-20-17(18-3)21-12-15-6-4-5-7-16(15)22-11-10-19-13-22;/h4-7,10-11,13-14H,8-9,12H2,1-3H3,(H2,18,20,21);1H. The van der Waals surface area contributed by atoms with Crippen molar-refractivity contribution >= 4 is 29.9 Å². The van der Waals surface area contributed by atoms with Crippen molar-refractivity contribution in [1.29, 1.82) is 0 Å². The van der Waals surface area contributed by atoms with Crippen LogP contribution in [-0.2, 0) is 6.54 Å². The minimum Gasteiger partial charge on any atom is -0.356 e. The maximum atomic E-state index is 4.27. The van der Waals surface area contributed by atoms with E-state index in [0.717, 1.165) is 31.2 Å². The van der Waals surface area contributed by atoms with Gasteiger partial charge in [-0.25, -0.2) is 4.98 Å². The molecule has 0 amide bonds. The molecule has 0 bridgehead atoms. The molecule has 0 unspecified atom stereocenters. The topological polar surface area (TPSA) is 54.2 Å². The Kier molecular flexibility index (Phi) is 8.68. The van der Waals surface area contributed by atoms with Crippen molar-refractivity contribution in [2.45, 2.75) is 26.8 Å². The number of rotatable bonds is 6. The number of aliphatic imine (C=N–C) groups is 1. The maximum absolute atomic E-state index is 4.27. The summed E-state index contributed by atoms with van der Waals surface area (Å²) in [6.07, 6.45) is 6.69. The molecule has 1 aromatic heterocycles. The zero-order valence-electron chi connectivity index (χ0n) is 14.0. The third-order valence-corrected chi connectivity index (χ3v) is 3.46. The Hall–Kier alpha value is -1.57. The lowest BCUT2D eigenvalue weighted by atomic mass is 10.1. The summed E-state index contributed by atoms with van der Waals surface area (Å²) in [7, 11) is 1.80. The average Bonchev–Trinajstić information content (AvgIpc) is 3.05. The fourth-order valence-corrected chi connectivity index (χ4v) is 2.19. The van der Waals surface area contributed by atoms with Gasteiger partial charge in [0.2, 0.25) is 0 Å². The van der Waals surface area contributed by atoms with Gasteiger partial charge in [-0.3, -0.25) is 4.99 Å². The van der Waals surface area contributed by atoms with Crippen LogP contribution in [0.25, 0.3) is 5.69 Å². The second-order valence-electron chi connectivity index (χ2n) is 5.63. The van der Waals surface area contributed by atoms with E-state index in [0.29, 0.717) is 5.92 Å². The van der Waals surface area contributed by atoms with Crippen LogP contribution >= 0.6 is 24.0 Å². The van der Waals surface area contributed by atoms with Gasteiger partial charge in [0.25, 0.3) is 0 Å². The third kappa shape index (κ3) is 6.21. The molecule has 0 aliphatic rings. The Morgan fingerprint density at radius 1 is 1.26 bits per heavy atom. The van der Waals surface area contributed by atoms with E-state index in [1.165, 1.54) is 5.56 Å². The van der Waals surface area contributed by atoms with E-state index in [-0.39, 0.29) is 24.0 Å². The summed E-state index contributed by atoms with van der Waals surface area (Å²) in [4.78, 5) is 8.38. The van der Waals surface area contributed by atoms with E-state index >= 15 is 0 Å². The summed E-state index contributed by atoms with van der Waals surface area (Å²) in [6.45, 7) is 6.09. The van der Waals surface area contributed by atoms with Gasteiger partial charge in [-0.05, 0) is 24.0 Å². The van der Waals surface area contributed by atoms with Crippen LogP contribution in [0.1, 0.15) is 25.8 Å². The van der Waals surface area contributed by atoms with Crippen molar-refractivity contribution in [3.63, 3.8) is 0 Å². The molecular weight excluding hydrogens is 401 g/mol. The third-order valence-electron chi connectivity index (χ3n) is 3.46. The lowest BCUT2D eigenvalue weighted by Crippen LogP contribution is -2.37. The molecule has 2 aromatic rings. The van der Waals surface area contributed by atoms with Crippen LogP contribution < -0.4 is 10.6 Å². The van der Waals surface area contributed by atoms with Gasteiger partial charge in [-0.1, -0.05) is 32.0 Å². The van der Waals surface area contributed by atoms with Crippen LogP contribution in [0.3, 0.4) is 0 Å². The van der Waals surface area contributed by atoms with E-state index in [1.54, 1.807) is 13.2 Å². The molecule has 0 saturated carbocycles. The first-order chi connectivity index (χ1) is 10.7. The highest BCUT2D eigenvalue weighted by molar-refractivity contribution is 14.0. The first-order valence-electron chi connectivity index (χ1n) is 7.71. The van der Waals surface area contributed by atoms with Gasteiger partial charge >= 0.3 is 0 Å². The van der Waals surface area contributed by atoms with Crippen LogP contribution in [0.15, 0.2) is 48.0 Å². The molecule has 2 N–H and O–H groups in total. The van der Waals surface area contributed by atoms with Crippen molar-refractivity contribution in [3.05, 3.63) is 48.5 Å². The van der Waals surface area contributed by atoms with Crippen LogP contribution in [0.4, 0.5) is 0 Å². The van der Waals surface area contributed by atoms with Crippen LogP contribution in [0.5, 0.6) is 0 Å². The Bertz CT molecular complexity index is 593. The monoisotopic (exact) mass is 427 g/mol. The summed E-state index contributed by atoms with van der Waals surface area (Å²) in [6, 6.07) is 8.29. The summed E-state index contributed by atoms with van der Waals surface area (Å²) in [5, 5.41) is 6.71. The second kappa shape index (κ2) is 10.3. The van der Waals surface area contributed by atoms with Gasteiger partial charge in [0.15, 0.2) is 5.96 Å². The molecule has 0 spiro atoms.